The molecule has 0 radical (unpaired) electrons. The molecule has 2 heterocycles. The number of aliphatic hydroxyl groups is 2. The van der Waals surface area contributed by atoms with Crippen molar-refractivity contribution in [3.05, 3.63) is 0 Å². The van der Waals surface area contributed by atoms with Crippen LogP contribution < -0.4 is 10.6 Å². The summed E-state index contributed by atoms with van der Waals surface area (Å²) in [6, 6.07) is -0.297. The van der Waals surface area contributed by atoms with E-state index in [1.165, 1.54) is 0 Å². The van der Waals surface area contributed by atoms with E-state index in [1.54, 1.807) is 41.5 Å². The Morgan fingerprint density at radius 1 is 0.767 bits per heavy atom. The molecule has 10 nitrogen and oxygen atoms in total. The molecule has 4 N–H and O–H groups in total. The van der Waals surface area contributed by atoms with Crippen molar-refractivity contribution in [1.29, 1.82) is 0 Å². The third kappa shape index (κ3) is 10.4. The summed E-state index contributed by atoms with van der Waals surface area (Å²) in [4.78, 5) is 22.8. The lowest BCUT2D eigenvalue weighted by Crippen LogP contribution is -2.43. The standard InChI is InChI=1S/2C10H19NO4/c2*1-10(2,3)15-9(13)11-8-6-14-5-7(8)4-12/h2*7-8,12H,4-6H2,1-3H3,(H,11,13)/t2*7-,8+/m10/s1. The van der Waals surface area contributed by atoms with E-state index in [4.69, 9.17) is 29.2 Å². The second kappa shape index (κ2) is 11.7. The zero-order chi connectivity index (χ0) is 22.9. The van der Waals surface area contributed by atoms with Crippen molar-refractivity contribution in [2.45, 2.75) is 64.8 Å². The number of carbonyl (C=O) groups excluding carboxylic acids is 2. The zero-order valence-electron chi connectivity index (χ0n) is 18.9. The van der Waals surface area contributed by atoms with Gasteiger partial charge in [-0.1, -0.05) is 0 Å². The van der Waals surface area contributed by atoms with Crippen LogP contribution in [0.15, 0.2) is 0 Å². The second-order valence-corrected chi connectivity index (χ2v) is 9.47. The average molecular weight is 435 g/mol. The van der Waals surface area contributed by atoms with Crippen LogP contribution in [0.4, 0.5) is 9.59 Å². The lowest BCUT2D eigenvalue weighted by atomic mass is 10.1. The van der Waals surface area contributed by atoms with E-state index in [2.05, 4.69) is 10.6 Å². The summed E-state index contributed by atoms with van der Waals surface area (Å²) in [5, 5.41) is 23.4. The average Bonchev–Trinajstić information content (AvgIpc) is 3.20. The Morgan fingerprint density at radius 3 is 1.37 bits per heavy atom. The Bertz CT molecular complexity index is 496. The quantitative estimate of drug-likeness (QED) is 0.515. The summed E-state index contributed by atoms with van der Waals surface area (Å²) in [7, 11) is 0. The van der Waals surface area contributed by atoms with Crippen molar-refractivity contribution in [3.63, 3.8) is 0 Å². The fraction of sp³-hybridized carbons (Fsp3) is 0.900. The highest BCUT2D eigenvalue weighted by atomic mass is 16.6. The van der Waals surface area contributed by atoms with Gasteiger partial charge in [-0.2, -0.15) is 0 Å². The van der Waals surface area contributed by atoms with Gasteiger partial charge in [-0.05, 0) is 41.5 Å². The van der Waals surface area contributed by atoms with Crippen LogP contribution in [-0.2, 0) is 18.9 Å². The predicted molar refractivity (Wildman–Crippen MR) is 109 cm³/mol. The van der Waals surface area contributed by atoms with Gasteiger partial charge in [-0.3, -0.25) is 0 Å². The highest BCUT2D eigenvalue weighted by Gasteiger charge is 2.31. The minimum Gasteiger partial charge on any atom is -0.444 e. The van der Waals surface area contributed by atoms with Gasteiger partial charge in [0.05, 0.1) is 51.7 Å². The third-order valence-electron chi connectivity index (χ3n) is 4.27. The summed E-state index contributed by atoms with van der Waals surface area (Å²) < 4.78 is 20.5. The van der Waals surface area contributed by atoms with E-state index in [0.29, 0.717) is 26.4 Å². The van der Waals surface area contributed by atoms with Gasteiger partial charge in [-0.15, -0.1) is 0 Å². The minimum atomic E-state index is -0.502. The maximum Gasteiger partial charge on any atom is 0.407 e. The fourth-order valence-electron chi connectivity index (χ4n) is 2.79. The molecule has 2 rings (SSSR count). The number of carbonyl (C=O) groups is 2. The molecule has 2 amide bonds. The monoisotopic (exact) mass is 434 g/mol. The number of ether oxygens (including phenoxy) is 4. The summed E-state index contributed by atoms with van der Waals surface area (Å²) in [5.41, 5.74) is -1.00. The summed E-state index contributed by atoms with van der Waals surface area (Å²) in [5.74, 6) is -0.0602. The van der Waals surface area contributed by atoms with Gasteiger partial charge < -0.3 is 39.8 Å². The Balaban J connectivity index is 0.000000300. The number of hydrogen-bond acceptors (Lipinski definition) is 8. The molecule has 30 heavy (non-hydrogen) atoms. The molecule has 0 aliphatic carbocycles. The molecule has 0 spiro atoms. The van der Waals surface area contributed by atoms with Gasteiger partial charge in [0.1, 0.15) is 11.2 Å². The van der Waals surface area contributed by atoms with Gasteiger partial charge in [0, 0.05) is 11.8 Å². The number of rotatable bonds is 4. The topological polar surface area (TPSA) is 136 Å². The molecule has 176 valence electrons. The smallest absolute Gasteiger partial charge is 0.407 e. The van der Waals surface area contributed by atoms with E-state index in [1.807, 2.05) is 0 Å². The predicted octanol–water partition coefficient (Wildman–Crippen LogP) is 1.04. The summed E-state index contributed by atoms with van der Waals surface area (Å²) in [6.45, 7) is 12.7. The third-order valence-corrected chi connectivity index (χ3v) is 4.27. The van der Waals surface area contributed by atoms with Crippen LogP contribution in [0.5, 0.6) is 0 Å². The highest BCUT2D eigenvalue weighted by molar-refractivity contribution is 5.68. The number of hydrogen-bond donors (Lipinski definition) is 4. The molecule has 0 aromatic carbocycles. The zero-order valence-corrected chi connectivity index (χ0v) is 18.9. The summed E-state index contributed by atoms with van der Waals surface area (Å²) in [6.07, 6.45) is -0.923. The van der Waals surface area contributed by atoms with Crippen LogP contribution in [0.2, 0.25) is 0 Å². The molecule has 0 unspecified atom stereocenters. The maximum absolute atomic E-state index is 11.4. The molecular weight excluding hydrogens is 396 g/mol. The van der Waals surface area contributed by atoms with Crippen molar-refractivity contribution in [2.75, 3.05) is 39.6 Å². The molecule has 2 fully saturated rings. The molecule has 4 atom stereocenters. The first-order valence-electron chi connectivity index (χ1n) is 10.2. The van der Waals surface area contributed by atoms with Crippen LogP contribution in [-0.4, -0.2) is 85.3 Å². The largest absolute Gasteiger partial charge is 0.444 e. The molecule has 0 aromatic rings. The number of nitrogens with one attached hydrogen (secondary N) is 2. The molecule has 0 bridgehead atoms. The van der Waals surface area contributed by atoms with Crippen LogP contribution in [0.3, 0.4) is 0 Å². The molecular formula is C20H38N2O8. The van der Waals surface area contributed by atoms with Gasteiger partial charge in [-0.25, -0.2) is 9.59 Å². The molecule has 10 heteroatoms. The number of alkyl carbamates (subject to hydrolysis) is 2. The number of aliphatic hydroxyl groups excluding tert-OH is 2. The SMILES string of the molecule is CC(C)(C)OC(=O)N[C@@H]1COC[C@@H]1CO.CC(C)(C)OC(=O)N[C@H]1COC[C@H]1CO. The van der Waals surface area contributed by atoms with Crippen molar-refractivity contribution >= 4 is 12.2 Å². The molecule has 2 aliphatic rings. The van der Waals surface area contributed by atoms with Crippen LogP contribution in [0.25, 0.3) is 0 Å². The fourth-order valence-corrected chi connectivity index (χ4v) is 2.79. The van der Waals surface area contributed by atoms with E-state index in [9.17, 15) is 9.59 Å². The van der Waals surface area contributed by atoms with Crippen LogP contribution in [0.1, 0.15) is 41.5 Å². The van der Waals surface area contributed by atoms with Gasteiger partial charge in [0.25, 0.3) is 0 Å². The first kappa shape index (κ1) is 26.4. The first-order chi connectivity index (χ1) is 13.8. The van der Waals surface area contributed by atoms with Crippen molar-refractivity contribution in [2.24, 2.45) is 11.8 Å². The van der Waals surface area contributed by atoms with Crippen LogP contribution in [0, 0.1) is 11.8 Å². The van der Waals surface area contributed by atoms with Gasteiger partial charge >= 0.3 is 12.2 Å². The normalized spacial score (nSPS) is 26.4. The van der Waals surface area contributed by atoms with Gasteiger partial charge in [0.15, 0.2) is 0 Å². The molecule has 2 aliphatic heterocycles. The Morgan fingerprint density at radius 2 is 1.10 bits per heavy atom. The molecule has 0 aromatic heterocycles. The molecule has 2 saturated heterocycles. The van der Waals surface area contributed by atoms with E-state index in [-0.39, 0.29) is 37.1 Å². The minimum absolute atomic E-state index is 0.0143. The second-order valence-electron chi connectivity index (χ2n) is 9.47. The maximum atomic E-state index is 11.4. The van der Waals surface area contributed by atoms with Crippen molar-refractivity contribution in [1.82, 2.24) is 10.6 Å². The van der Waals surface area contributed by atoms with E-state index < -0.39 is 23.4 Å². The van der Waals surface area contributed by atoms with Crippen LogP contribution >= 0.6 is 0 Å². The Kier molecular flexibility index (Phi) is 10.3. The first-order valence-corrected chi connectivity index (χ1v) is 10.2. The van der Waals surface area contributed by atoms with E-state index in [0.717, 1.165) is 0 Å². The van der Waals surface area contributed by atoms with Crippen molar-refractivity contribution < 1.29 is 38.7 Å². The molecule has 0 saturated carbocycles. The van der Waals surface area contributed by atoms with Crippen molar-refractivity contribution in [3.8, 4) is 0 Å². The summed E-state index contributed by atoms with van der Waals surface area (Å²) >= 11 is 0. The highest BCUT2D eigenvalue weighted by Crippen LogP contribution is 2.15. The lowest BCUT2D eigenvalue weighted by molar-refractivity contribution is 0.0473. The lowest BCUT2D eigenvalue weighted by Gasteiger charge is -2.23. The number of amides is 2. The Labute approximate surface area is 178 Å². The Hall–Kier alpha value is -1.62. The van der Waals surface area contributed by atoms with E-state index >= 15 is 0 Å². The van der Waals surface area contributed by atoms with Gasteiger partial charge in [0.2, 0.25) is 0 Å².